The fraction of sp³-hybridized carbons (Fsp3) is 0.143. The SMILES string of the molecule is Cc1cc(/C=N/O)cnc1Cl. The molecule has 58 valence electrons. The number of oxime groups is 1. The molecule has 1 heterocycles. The van der Waals surface area contributed by atoms with Crippen molar-refractivity contribution in [3.8, 4) is 0 Å². The molecule has 0 aliphatic carbocycles. The van der Waals surface area contributed by atoms with E-state index in [9.17, 15) is 0 Å². The van der Waals surface area contributed by atoms with Crippen molar-refractivity contribution in [2.24, 2.45) is 5.16 Å². The van der Waals surface area contributed by atoms with E-state index in [-0.39, 0.29) is 0 Å². The third-order valence-electron chi connectivity index (χ3n) is 1.24. The summed E-state index contributed by atoms with van der Waals surface area (Å²) in [5, 5.41) is 11.5. The third-order valence-corrected chi connectivity index (χ3v) is 1.64. The maximum Gasteiger partial charge on any atom is 0.131 e. The predicted octanol–water partition coefficient (Wildman–Crippen LogP) is 1.85. The second-order valence-corrected chi connectivity index (χ2v) is 2.48. The summed E-state index contributed by atoms with van der Waals surface area (Å²) in [6, 6.07) is 1.79. The van der Waals surface area contributed by atoms with Crippen LogP contribution in [0.25, 0.3) is 0 Å². The van der Waals surface area contributed by atoms with Gasteiger partial charge < -0.3 is 5.21 Å². The molecule has 0 aromatic carbocycles. The summed E-state index contributed by atoms with van der Waals surface area (Å²) < 4.78 is 0. The first-order chi connectivity index (χ1) is 5.24. The lowest BCUT2D eigenvalue weighted by molar-refractivity contribution is 0.322. The second-order valence-electron chi connectivity index (χ2n) is 2.12. The van der Waals surface area contributed by atoms with Gasteiger partial charge in [0.25, 0.3) is 0 Å². The Morgan fingerprint density at radius 3 is 3.00 bits per heavy atom. The van der Waals surface area contributed by atoms with Gasteiger partial charge in [0.05, 0.1) is 6.21 Å². The lowest BCUT2D eigenvalue weighted by atomic mass is 10.2. The summed E-state index contributed by atoms with van der Waals surface area (Å²) in [7, 11) is 0. The standard InChI is InChI=1S/C7H7ClN2O/c1-5-2-6(4-10-11)3-9-7(5)8/h2-4,11H,1H3/b10-4+. The molecule has 3 nitrogen and oxygen atoms in total. The van der Waals surface area contributed by atoms with Crippen molar-refractivity contribution in [1.82, 2.24) is 4.98 Å². The van der Waals surface area contributed by atoms with Gasteiger partial charge >= 0.3 is 0 Å². The average molecular weight is 171 g/mol. The molecule has 0 amide bonds. The van der Waals surface area contributed by atoms with Crippen LogP contribution in [0.15, 0.2) is 17.4 Å². The number of nitrogens with zero attached hydrogens (tertiary/aromatic N) is 2. The first-order valence-corrected chi connectivity index (χ1v) is 3.41. The topological polar surface area (TPSA) is 45.5 Å². The molecular formula is C7H7ClN2O. The minimum atomic E-state index is 0.472. The van der Waals surface area contributed by atoms with Crippen LogP contribution in [0.1, 0.15) is 11.1 Å². The van der Waals surface area contributed by atoms with Crippen LogP contribution in [0.4, 0.5) is 0 Å². The Labute approximate surface area is 69.3 Å². The Morgan fingerprint density at radius 2 is 2.45 bits per heavy atom. The average Bonchev–Trinajstić information content (AvgIpc) is 1.98. The number of hydrogen-bond acceptors (Lipinski definition) is 3. The highest BCUT2D eigenvalue weighted by Crippen LogP contribution is 2.11. The van der Waals surface area contributed by atoms with Gasteiger partial charge in [-0.2, -0.15) is 0 Å². The molecular weight excluding hydrogens is 164 g/mol. The highest BCUT2D eigenvalue weighted by Gasteiger charge is 1.95. The van der Waals surface area contributed by atoms with Crippen LogP contribution in [0, 0.1) is 6.92 Å². The van der Waals surface area contributed by atoms with Crippen molar-refractivity contribution in [2.45, 2.75) is 6.92 Å². The summed E-state index contributed by atoms with van der Waals surface area (Å²) in [6.07, 6.45) is 2.84. The van der Waals surface area contributed by atoms with E-state index in [4.69, 9.17) is 16.8 Å². The van der Waals surface area contributed by atoms with Gasteiger partial charge in [0, 0.05) is 11.8 Å². The highest BCUT2D eigenvalue weighted by molar-refractivity contribution is 6.30. The van der Waals surface area contributed by atoms with Gasteiger partial charge in [-0.05, 0) is 18.6 Å². The molecule has 0 spiro atoms. The van der Waals surface area contributed by atoms with Crippen LogP contribution in [0.2, 0.25) is 5.15 Å². The first kappa shape index (κ1) is 8.01. The fourth-order valence-electron chi connectivity index (χ4n) is 0.717. The van der Waals surface area contributed by atoms with Crippen LogP contribution >= 0.6 is 11.6 Å². The van der Waals surface area contributed by atoms with Gasteiger partial charge in [-0.15, -0.1) is 0 Å². The summed E-state index contributed by atoms with van der Waals surface area (Å²) in [6.45, 7) is 1.84. The van der Waals surface area contributed by atoms with E-state index in [1.807, 2.05) is 6.92 Å². The zero-order chi connectivity index (χ0) is 8.27. The molecule has 0 saturated heterocycles. The molecule has 0 unspecified atom stereocenters. The van der Waals surface area contributed by atoms with Gasteiger partial charge in [0.1, 0.15) is 5.15 Å². The molecule has 11 heavy (non-hydrogen) atoms. The minimum Gasteiger partial charge on any atom is -0.411 e. The molecule has 1 aromatic heterocycles. The van der Waals surface area contributed by atoms with E-state index in [1.165, 1.54) is 12.4 Å². The number of rotatable bonds is 1. The van der Waals surface area contributed by atoms with E-state index in [2.05, 4.69) is 10.1 Å². The maximum atomic E-state index is 8.19. The first-order valence-electron chi connectivity index (χ1n) is 3.03. The number of aromatic nitrogens is 1. The largest absolute Gasteiger partial charge is 0.411 e. The molecule has 1 aromatic rings. The molecule has 0 aliphatic heterocycles. The van der Waals surface area contributed by atoms with Crippen molar-refractivity contribution >= 4 is 17.8 Å². The minimum absolute atomic E-state index is 0.472. The summed E-state index contributed by atoms with van der Waals surface area (Å²) in [5.74, 6) is 0. The van der Waals surface area contributed by atoms with Crippen molar-refractivity contribution in [3.63, 3.8) is 0 Å². The molecule has 0 atom stereocenters. The van der Waals surface area contributed by atoms with Crippen molar-refractivity contribution in [3.05, 3.63) is 28.5 Å². The van der Waals surface area contributed by atoms with Crippen molar-refractivity contribution in [2.75, 3.05) is 0 Å². The van der Waals surface area contributed by atoms with E-state index >= 15 is 0 Å². The van der Waals surface area contributed by atoms with Crippen molar-refractivity contribution < 1.29 is 5.21 Å². The molecule has 1 rings (SSSR count). The van der Waals surface area contributed by atoms with Gasteiger partial charge in [-0.3, -0.25) is 0 Å². The van der Waals surface area contributed by atoms with Gasteiger partial charge in [-0.25, -0.2) is 4.98 Å². The van der Waals surface area contributed by atoms with Crippen LogP contribution in [-0.4, -0.2) is 16.4 Å². The molecule has 0 aliphatic rings. The number of aryl methyl sites for hydroxylation is 1. The van der Waals surface area contributed by atoms with Gasteiger partial charge in [-0.1, -0.05) is 16.8 Å². The zero-order valence-corrected chi connectivity index (χ0v) is 6.71. The van der Waals surface area contributed by atoms with Crippen LogP contribution < -0.4 is 0 Å². The fourth-order valence-corrected chi connectivity index (χ4v) is 0.820. The van der Waals surface area contributed by atoms with Gasteiger partial charge in [0.2, 0.25) is 0 Å². The smallest absolute Gasteiger partial charge is 0.131 e. The normalized spacial score (nSPS) is 10.7. The second kappa shape index (κ2) is 3.34. The Kier molecular flexibility index (Phi) is 2.44. The van der Waals surface area contributed by atoms with E-state index in [0.29, 0.717) is 5.15 Å². The quantitative estimate of drug-likeness (QED) is 0.303. The Bertz CT molecular complexity index is 286. The molecule has 0 fully saturated rings. The van der Waals surface area contributed by atoms with E-state index in [1.54, 1.807) is 6.07 Å². The van der Waals surface area contributed by atoms with Crippen LogP contribution in [0.5, 0.6) is 0 Å². The van der Waals surface area contributed by atoms with E-state index < -0.39 is 0 Å². The molecule has 1 N–H and O–H groups in total. The van der Waals surface area contributed by atoms with E-state index in [0.717, 1.165) is 11.1 Å². The third kappa shape index (κ3) is 1.91. The van der Waals surface area contributed by atoms with Crippen molar-refractivity contribution in [1.29, 1.82) is 0 Å². The van der Waals surface area contributed by atoms with Crippen LogP contribution in [0.3, 0.4) is 0 Å². The highest BCUT2D eigenvalue weighted by atomic mass is 35.5. The number of hydrogen-bond donors (Lipinski definition) is 1. The molecule has 0 bridgehead atoms. The molecule has 0 saturated carbocycles. The van der Waals surface area contributed by atoms with Crippen LogP contribution in [-0.2, 0) is 0 Å². The predicted molar refractivity (Wildman–Crippen MR) is 43.4 cm³/mol. The summed E-state index contributed by atoms with van der Waals surface area (Å²) >= 11 is 5.66. The number of halogens is 1. The summed E-state index contributed by atoms with van der Waals surface area (Å²) in [4.78, 5) is 3.86. The Hall–Kier alpha value is -1.09. The lowest BCUT2D eigenvalue weighted by Gasteiger charge is -1.95. The van der Waals surface area contributed by atoms with Gasteiger partial charge in [0.15, 0.2) is 0 Å². The molecule has 4 heteroatoms. The Morgan fingerprint density at radius 1 is 1.73 bits per heavy atom. The number of pyridine rings is 1. The Balaban J connectivity index is 3.05. The maximum absolute atomic E-state index is 8.19. The zero-order valence-electron chi connectivity index (χ0n) is 5.95. The lowest BCUT2D eigenvalue weighted by Crippen LogP contribution is -1.86. The molecule has 0 radical (unpaired) electrons. The monoisotopic (exact) mass is 170 g/mol. The summed E-state index contributed by atoms with van der Waals surface area (Å²) in [5.41, 5.74) is 1.60.